The predicted molar refractivity (Wildman–Crippen MR) is 158 cm³/mol. The van der Waals surface area contributed by atoms with Gasteiger partial charge in [-0.2, -0.15) is 0 Å². The molecule has 1 aromatic heterocycles. The molecule has 2 aliphatic carbocycles. The Morgan fingerprint density at radius 2 is 1.55 bits per heavy atom. The fourth-order valence-corrected chi connectivity index (χ4v) is 7.14. The number of ketones is 1. The quantitative estimate of drug-likeness (QED) is 0.161. The molecule has 4 aromatic rings. The number of nitrogens with zero attached hydrogens (tertiary/aromatic N) is 2. The van der Waals surface area contributed by atoms with Crippen LogP contribution in [-0.4, -0.2) is 35.2 Å². The summed E-state index contributed by atoms with van der Waals surface area (Å²) in [6.45, 7) is 3.54. The van der Waals surface area contributed by atoms with Crippen LogP contribution in [0.2, 0.25) is 0 Å². The first-order valence-corrected chi connectivity index (χ1v) is 14.5. The Morgan fingerprint density at radius 3 is 2.24 bits per heavy atom. The number of ether oxygens (including phenoxy) is 1. The Kier molecular flexibility index (Phi) is 6.26. The Balaban J connectivity index is 1.14. The van der Waals surface area contributed by atoms with Crippen molar-refractivity contribution >= 4 is 40.2 Å². The van der Waals surface area contributed by atoms with Crippen molar-refractivity contribution in [3.05, 3.63) is 95.1 Å². The molecule has 3 aliphatic rings. The van der Waals surface area contributed by atoms with E-state index in [1.165, 1.54) is 4.90 Å². The summed E-state index contributed by atoms with van der Waals surface area (Å²) < 4.78 is 5.48. The van der Waals surface area contributed by atoms with Crippen LogP contribution in [0.5, 0.6) is 0 Å². The molecule has 3 aromatic carbocycles. The van der Waals surface area contributed by atoms with Gasteiger partial charge in [0.05, 0.1) is 34.3 Å². The SMILES string of the molecule is Cc1ccc(C(=O)COC(=O)c2cc(-c3ccc(N4C(=O)[C@@H]5[C@H]6CC[C@@H](C6)[C@@H]5C4=O)cc3)nc3ccccc23)cc1C. The highest BCUT2D eigenvalue weighted by Gasteiger charge is 2.61. The van der Waals surface area contributed by atoms with Crippen LogP contribution in [-0.2, 0) is 14.3 Å². The summed E-state index contributed by atoms with van der Waals surface area (Å²) in [4.78, 5) is 58.7. The number of hydrogen-bond acceptors (Lipinski definition) is 6. The molecule has 0 spiro atoms. The highest BCUT2D eigenvalue weighted by Crippen LogP contribution is 2.56. The number of fused-ring (bicyclic) bond motifs is 6. The molecule has 3 fully saturated rings. The van der Waals surface area contributed by atoms with Crippen molar-refractivity contribution in [2.75, 3.05) is 11.5 Å². The average Bonchev–Trinajstić information content (AvgIpc) is 3.70. The second-order valence-electron chi connectivity index (χ2n) is 11.8. The second kappa shape index (κ2) is 10.0. The van der Waals surface area contributed by atoms with Gasteiger partial charge in [0, 0.05) is 16.5 Å². The van der Waals surface area contributed by atoms with Gasteiger partial charge >= 0.3 is 5.97 Å². The largest absolute Gasteiger partial charge is 0.454 e. The molecule has 7 nitrogen and oxygen atoms in total. The molecule has 2 saturated carbocycles. The van der Waals surface area contributed by atoms with Gasteiger partial charge in [0.2, 0.25) is 11.8 Å². The van der Waals surface area contributed by atoms with Gasteiger partial charge in [-0.05, 0) is 86.4 Å². The number of Topliss-reactive ketones (excluding diaryl/α,β-unsaturated/α-hetero) is 1. The first-order chi connectivity index (χ1) is 20.3. The van der Waals surface area contributed by atoms with Crippen LogP contribution in [0.1, 0.15) is 51.1 Å². The average molecular weight is 559 g/mol. The van der Waals surface area contributed by atoms with Crippen LogP contribution < -0.4 is 4.90 Å². The van der Waals surface area contributed by atoms with Gasteiger partial charge in [-0.1, -0.05) is 42.5 Å². The standard InChI is InChI=1S/C35H30N2O5/c1-19-7-8-22(15-20(19)2)30(38)18-42-35(41)27-17-29(36-28-6-4-3-5-26(27)28)21-11-13-25(14-12-21)37-33(39)31-23-9-10-24(16-23)32(31)34(37)40/h3-8,11-15,17,23-24,31-32H,9-10,16,18H2,1-2H3/t23-,24-,31-,32+/m0/s1. The summed E-state index contributed by atoms with van der Waals surface area (Å²) in [7, 11) is 0. The fraction of sp³-hybridized carbons (Fsp3) is 0.286. The number of hydrogen-bond donors (Lipinski definition) is 0. The normalized spacial score (nSPS) is 22.6. The number of para-hydroxylation sites is 1. The molecular weight excluding hydrogens is 528 g/mol. The maximum absolute atomic E-state index is 13.3. The van der Waals surface area contributed by atoms with E-state index in [0.717, 1.165) is 36.0 Å². The number of benzene rings is 3. The molecular formula is C35H30N2O5. The van der Waals surface area contributed by atoms with Crippen molar-refractivity contribution in [2.24, 2.45) is 23.7 Å². The van der Waals surface area contributed by atoms with Crippen LogP contribution in [0.3, 0.4) is 0 Å². The van der Waals surface area contributed by atoms with E-state index in [9.17, 15) is 19.2 Å². The molecule has 2 bridgehead atoms. The van der Waals surface area contributed by atoms with E-state index in [4.69, 9.17) is 9.72 Å². The van der Waals surface area contributed by atoms with Gasteiger partial charge in [0.15, 0.2) is 12.4 Å². The molecule has 7 rings (SSSR count). The van der Waals surface area contributed by atoms with E-state index >= 15 is 0 Å². The first kappa shape index (κ1) is 26.3. The zero-order valence-corrected chi connectivity index (χ0v) is 23.5. The summed E-state index contributed by atoms with van der Waals surface area (Å²) in [6, 6.07) is 21.5. The lowest BCUT2D eigenvalue weighted by Crippen LogP contribution is -2.32. The molecule has 1 aliphatic heterocycles. The first-order valence-electron chi connectivity index (χ1n) is 14.5. The third-order valence-electron chi connectivity index (χ3n) is 9.45. The highest BCUT2D eigenvalue weighted by atomic mass is 16.5. The zero-order chi connectivity index (χ0) is 29.1. The van der Waals surface area contributed by atoms with Gasteiger partial charge < -0.3 is 4.74 Å². The van der Waals surface area contributed by atoms with Crippen LogP contribution in [0.4, 0.5) is 5.69 Å². The molecule has 1 saturated heterocycles. The molecule has 42 heavy (non-hydrogen) atoms. The van der Waals surface area contributed by atoms with Crippen LogP contribution in [0.25, 0.3) is 22.2 Å². The molecule has 210 valence electrons. The zero-order valence-electron chi connectivity index (χ0n) is 23.5. The lowest BCUT2D eigenvalue weighted by molar-refractivity contribution is -0.123. The van der Waals surface area contributed by atoms with E-state index in [0.29, 0.717) is 45.2 Å². The van der Waals surface area contributed by atoms with Gasteiger partial charge in [-0.3, -0.25) is 19.3 Å². The van der Waals surface area contributed by atoms with Crippen molar-refractivity contribution in [3.63, 3.8) is 0 Å². The number of aryl methyl sites for hydroxylation is 2. The smallest absolute Gasteiger partial charge is 0.339 e. The van der Waals surface area contributed by atoms with Crippen LogP contribution in [0, 0.1) is 37.5 Å². The van der Waals surface area contributed by atoms with Crippen molar-refractivity contribution in [3.8, 4) is 11.3 Å². The van der Waals surface area contributed by atoms with E-state index < -0.39 is 5.97 Å². The minimum Gasteiger partial charge on any atom is -0.454 e. The second-order valence-corrected chi connectivity index (χ2v) is 11.8. The molecule has 0 unspecified atom stereocenters. The maximum Gasteiger partial charge on any atom is 0.339 e. The third-order valence-corrected chi connectivity index (χ3v) is 9.45. The van der Waals surface area contributed by atoms with Gasteiger partial charge in [-0.15, -0.1) is 0 Å². The number of anilines is 1. The summed E-state index contributed by atoms with van der Waals surface area (Å²) in [6.07, 6.45) is 3.07. The summed E-state index contributed by atoms with van der Waals surface area (Å²) in [5.41, 5.74) is 5.33. The number of amides is 2. The fourth-order valence-electron chi connectivity index (χ4n) is 7.14. The van der Waals surface area contributed by atoms with E-state index in [2.05, 4.69) is 0 Å². The van der Waals surface area contributed by atoms with Crippen molar-refractivity contribution in [1.29, 1.82) is 0 Å². The number of carbonyl (C=O) groups excluding carboxylic acids is 4. The molecule has 4 atom stereocenters. The lowest BCUT2D eigenvalue weighted by atomic mass is 9.81. The van der Waals surface area contributed by atoms with Crippen LogP contribution in [0.15, 0.2) is 72.8 Å². The topological polar surface area (TPSA) is 93.6 Å². The lowest BCUT2D eigenvalue weighted by Gasteiger charge is -2.19. The summed E-state index contributed by atoms with van der Waals surface area (Å²) >= 11 is 0. The van der Waals surface area contributed by atoms with Gasteiger partial charge in [0.1, 0.15) is 0 Å². The minimum absolute atomic E-state index is 0.0749. The number of pyridine rings is 1. The number of rotatable bonds is 6. The van der Waals surface area contributed by atoms with E-state index in [-0.39, 0.29) is 36.0 Å². The molecule has 0 N–H and O–H groups in total. The Hall–Kier alpha value is -4.65. The molecule has 7 heteroatoms. The minimum atomic E-state index is -0.613. The Morgan fingerprint density at radius 1 is 0.857 bits per heavy atom. The van der Waals surface area contributed by atoms with Gasteiger partial charge in [0.25, 0.3) is 0 Å². The summed E-state index contributed by atoms with van der Waals surface area (Å²) in [5.74, 6) is -0.721. The number of imide groups is 1. The van der Waals surface area contributed by atoms with Crippen molar-refractivity contribution < 1.29 is 23.9 Å². The molecule has 0 radical (unpaired) electrons. The monoisotopic (exact) mass is 558 g/mol. The highest BCUT2D eigenvalue weighted by molar-refractivity contribution is 6.22. The number of carbonyl (C=O) groups is 4. The van der Waals surface area contributed by atoms with Crippen molar-refractivity contribution in [2.45, 2.75) is 33.1 Å². The van der Waals surface area contributed by atoms with E-state index in [1.807, 2.05) is 50.2 Å². The van der Waals surface area contributed by atoms with Crippen LogP contribution >= 0.6 is 0 Å². The van der Waals surface area contributed by atoms with E-state index in [1.54, 1.807) is 36.4 Å². The molecule has 2 amide bonds. The number of aromatic nitrogens is 1. The maximum atomic E-state index is 13.3. The third kappa shape index (κ3) is 4.23. The predicted octanol–water partition coefficient (Wildman–Crippen LogP) is 6.09. The van der Waals surface area contributed by atoms with Crippen molar-refractivity contribution in [1.82, 2.24) is 4.98 Å². The Bertz CT molecular complexity index is 1770. The molecule has 2 heterocycles. The number of esters is 1. The summed E-state index contributed by atoms with van der Waals surface area (Å²) in [5, 5.41) is 0.621. The Labute approximate surface area is 243 Å². The van der Waals surface area contributed by atoms with Gasteiger partial charge in [-0.25, -0.2) is 9.78 Å².